The molecule has 0 aliphatic carbocycles. The van der Waals surface area contributed by atoms with Crippen molar-refractivity contribution in [3.63, 3.8) is 0 Å². The molecule has 1 fully saturated rings. The lowest BCUT2D eigenvalue weighted by Crippen LogP contribution is -2.36. The Hall–Kier alpha value is -0.240. The number of nitrogens with zero attached hydrogens (tertiary/aromatic N) is 1. The van der Waals surface area contributed by atoms with Crippen LogP contribution in [0.15, 0.2) is 0 Å². The van der Waals surface area contributed by atoms with E-state index in [9.17, 15) is 4.79 Å². The second kappa shape index (κ2) is 6.37. The zero-order valence-corrected chi connectivity index (χ0v) is 10.6. The fraction of sp³-hybridized carbons (Fsp3) is 0.917. The van der Waals surface area contributed by atoms with Crippen LogP contribution in [0.2, 0.25) is 0 Å². The van der Waals surface area contributed by atoms with Gasteiger partial charge in [0.25, 0.3) is 0 Å². The first-order valence-corrected chi connectivity index (χ1v) is 6.51. The molecule has 0 aromatic rings. The number of likely N-dealkylation sites (tertiary alicyclic amines) is 1. The van der Waals surface area contributed by atoms with Crippen molar-refractivity contribution in [2.75, 3.05) is 13.1 Å². The van der Waals surface area contributed by atoms with E-state index in [4.69, 9.17) is 11.6 Å². The fourth-order valence-electron chi connectivity index (χ4n) is 2.33. The van der Waals surface area contributed by atoms with Crippen molar-refractivity contribution in [3.05, 3.63) is 0 Å². The topological polar surface area (TPSA) is 20.3 Å². The maximum Gasteiger partial charge on any atom is 0.240 e. The molecule has 0 N–H and O–H groups in total. The van der Waals surface area contributed by atoms with Crippen LogP contribution in [0.5, 0.6) is 0 Å². The molecule has 0 aromatic heterocycles. The maximum atomic E-state index is 11.7. The number of carbonyl (C=O) groups excluding carboxylic acids is 1. The molecule has 2 nitrogen and oxygen atoms in total. The van der Waals surface area contributed by atoms with Crippen molar-refractivity contribution in [2.45, 2.75) is 51.3 Å². The van der Waals surface area contributed by atoms with E-state index in [1.165, 1.54) is 19.3 Å². The molecule has 1 rings (SSSR count). The maximum absolute atomic E-state index is 11.7. The molecule has 15 heavy (non-hydrogen) atoms. The van der Waals surface area contributed by atoms with Crippen LogP contribution in [-0.4, -0.2) is 29.3 Å². The van der Waals surface area contributed by atoms with Gasteiger partial charge in [-0.15, -0.1) is 11.6 Å². The van der Waals surface area contributed by atoms with Gasteiger partial charge < -0.3 is 4.90 Å². The van der Waals surface area contributed by atoms with Crippen LogP contribution < -0.4 is 0 Å². The normalized spacial score (nSPS) is 24.7. The molecular weight excluding hydrogens is 210 g/mol. The van der Waals surface area contributed by atoms with Crippen LogP contribution in [0.25, 0.3) is 0 Å². The van der Waals surface area contributed by atoms with Gasteiger partial charge in [-0.05, 0) is 32.1 Å². The minimum atomic E-state index is -0.368. The van der Waals surface area contributed by atoms with E-state index in [0.29, 0.717) is 0 Å². The lowest BCUT2D eigenvalue weighted by Gasteiger charge is -2.21. The largest absolute Gasteiger partial charge is 0.341 e. The Kier molecular flexibility index (Phi) is 5.44. The van der Waals surface area contributed by atoms with Crippen molar-refractivity contribution in [1.82, 2.24) is 4.90 Å². The molecular formula is C12H22ClNO. The first-order chi connectivity index (χ1) is 7.15. The van der Waals surface area contributed by atoms with E-state index < -0.39 is 0 Å². The highest BCUT2D eigenvalue weighted by Crippen LogP contribution is 2.22. The molecule has 88 valence electrons. The van der Waals surface area contributed by atoms with Crippen LogP contribution in [0, 0.1) is 5.92 Å². The van der Waals surface area contributed by atoms with Gasteiger partial charge in [0.15, 0.2) is 0 Å². The summed E-state index contributed by atoms with van der Waals surface area (Å²) in [5, 5.41) is -0.368. The second-order valence-electron chi connectivity index (χ2n) is 4.53. The Morgan fingerprint density at radius 2 is 2.20 bits per heavy atom. The number of amides is 1. The first kappa shape index (κ1) is 12.8. The molecule has 0 spiro atoms. The Morgan fingerprint density at radius 3 is 2.80 bits per heavy atom. The van der Waals surface area contributed by atoms with Gasteiger partial charge in [-0.2, -0.15) is 0 Å². The lowest BCUT2D eigenvalue weighted by atomic mass is 9.96. The third kappa shape index (κ3) is 4.02. The van der Waals surface area contributed by atoms with Crippen molar-refractivity contribution in [2.24, 2.45) is 5.92 Å². The summed E-state index contributed by atoms with van der Waals surface area (Å²) in [6.07, 6.45) is 6.13. The summed E-state index contributed by atoms with van der Waals surface area (Å²) in [5.74, 6) is 0.923. The average molecular weight is 232 g/mol. The van der Waals surface area contributed by atoms with Crippen LogP contribution in [0.1, 0.15) is 46.0 Å². The summed E-state index contributed by atoms with van der Waals surface area (Å²) in [6.45, 7) is 5.80. The molecule has 1 aliphatic heterocycles. The third-order valence-corrected chi connectivity index (χ3v) is 3.38. The zero-order valence-electron chi connectivity index (χ0n) is 9.84. The lowest BCUT2D eigenvalue weighted by molar-refractivity contribution is -0.130. The molecule has 2 atom stereocenters. The monoisotopic (exact) mass is 231 g/mol. The third-order valence-electron chi connectivity index (χ3n) is 3.20. The van der Waals surface area contributed by atoms with Crippen LogP contribution >= 0.6 is 11.6 Å². The minimum Gasteiger partial charge on any atom is -0.341 e. The molecule has 2 unspecified atom stereocenters. The number of rotatable bonds is 3. The van der Waals surface area contributed by atoms with Crippen molar-refractivity contribution in [3.8, 4) is 0 Å². The van der Waals surface area contributed by atoms with Gasteiger partial charge in [0.1, 0.15) is 5.38 Å². The molecule has 0 saturated carbocycles. The smallest absolute Gasteiger partial charge is 0.240 e. The van der Waals surface area contributed by atoms with Gasteiger partial charge in [0.05, 0.1) is 0 Å². The molecule has 1 saturated heterocycles. The van der Waals surface area contributed by atoms with Crippen molar-refractivity contribution in [1.29, 1.82) is 0 Å². The quantitative estimate of drug-likeness (QED) is 0.684. The molecule has 1 aliphatic rings. The summed E-state index contributed by atoms with van der Waals surface area (Å²) in [4.78, 5) is 13.6. The molecule has 1 amide bonds. The number of carbonyl (C=O) groups is 1. The average Bonchev–Trinajstić information content (AvgIpc) is 2.43. The van der Waals surface area contributed by atoms with E-state index in [1.54, 1.807) is 6.92 Å². The highest BCUT2D eigenvalue weighted by Gasteiger charge is 2.22. The summed E-state index contributed by atoms with van der Waals surface area (Å²) in [5.41, 5.74) is 0. The van der Waals surface area contributed by atoms with Crippen molar-refractivity contribution >= 4 is 17.5 Å². The predicted molar refractivity (Wildman–Crippen MR) is 64.1 cm³/mol. The Labute approximate surface area is 98.0 Å². The highest BCUT2D eigenvalue weighted by molar-refractivity contribution is 6.30. The summed E-state index contributed by atoms with van der Waals surface area (Å²) >= 11 is 5.82. The van der Waals surface area contributed by atoms with E-state index in [2.05, 4.69) is 6.92 Å². The van der Waals surface area contributed by atoms with E-state index in [1.807, 2.05) is 4.90 Å². The molecule has 0 bridgehead atoms. The Bertz CT molecular complexity index is 206. The minimum absolute atomic E-state index is 0.105. The van der Waals surface area contributed by atoms with Gasteiger partial charge in [-0.25, -0.2) is 0 Å². The second-order valence-corrected chi connectivity index (χ2v) is 5.18. The van der Waals surface area contributed by atoms with Gasteiger partial charge >= 0.3 is 0 Å². The number of hydrogen-bond acceptors (Lipinski definition) is 1. The van der Waals surface area contributed by atoms with Gasteiger partial charge in [0, 0.05) is 13.1 Å². The fourth-order valence-corrected chi connectivity index (χ4v) is 2.47. The van der Waals surface area contributed by atoms with E-state index in [-0.39, 0.29) is 11.3 Å². The van der Waals surface area contributed by atoms with Crippen LogP contribution in [-0.2, 0) is 4.79 Å². The van der Waals surface area contributed by atoms with Crippen molar-refractivity contribution < 1.29 is 4.79 Å². The Balaban J connectivity index is 2.42. The van der Waals surface area contributed by atoms with Crippen LogP contribution in [0.4, 0.5) is 0 Å². The van der Waals surface area contributed by atoms with E-state index >= 15 is 0 Å². The molecule has 3 heteroatoms. The van der Waals surface area contributed by atoms with Crippen LogP contribution in [0.3, 0.4) is 0 Å². The summed E-state index contributed by atoms with van der Waals surface area (Å²) in [7, 11) is 0. The van der Waals surface area contributed by atoms with E-state index in [0.717, 1.165) is 31.8 Å². The van der Waals surface area contributed by atoms with Gasteiger partial charge in [0.2, 0.25) is 5.91 Å². The Morgan fingerprint density at radius 1 is 1.47 bits per heavy atom. The number of alkyl halides is 1. The summed E-state index contributed by atoms with van der Waals surface area (Å²) in [6, 6.07) is 0. The zero-order chi connectivity index (χ0) is 11.3. The highest BCUT2D eigenvalue weighted by atomic mass is 35.5. The molecule has 0 aromatic carbocycles. The number of halogens is 1. The summed E-state index contributed by atoms with van der Waals surface area (Å²) < 4.78 is 0. The molecule has 0 radical (unpaired) electrons. The van der Waals surface area contributed by atoms with Gasteiger partial charge in [-0.1, -0.05) is 19.8 Å². The SMILES string of the molecule is CCCC1CCCN(C(=O)C(C)Cl)CC1. The van der Waals surface area contributed by atoms with Gasteiger partial charge in [-0.3, -0.25) is 4.79 Å². The predicted octanol–water partition coefficient (Wildman–Crippen LogP) is 3.04. The molecule has 1 heterocycles. The standard InChI is InChI=1S/C12H22ClNO/c1-3-5-11-6-4-8-14(9-7-11)12(15)10(2)13/h10-11H,3-9H2,1-2H3. The first-order valence-electron chi connectivity index (χ1n) is 6.08. The number of hydrogen-bond donors (Lipinski definition) is 0.